The fourth-order valence-electron chi connectivity index (χ4n) is 2.67. The summed E-state index contributed by atoms with van der Waals surface area (Å²) < 4.78 is 0. The minimum absolute atomic E-state index is 0.0150. The zero-order valence-electron chi connectivity index (χ0n) is 15.5. The Bertz CT molecular complexity index is 784. The van der Waals surface area contributed by atoms with Crippen LogP contribution in [-0.4, -0.2) is 43.4 Å². The van der Waals surface area contributed by atoms with E-state index in [1.165, 1.54) is 0 Å². The van der Waals surface area contributed by atoms with Crippen LogP contribution < -0.4 is 10.2 Å². The summed E-state index contributed by atoms with van der Waals surface area (Å²) in [5.74, 6) is -0.175. The number of nitrogens with one attached hydrogen (secondary N) is 2. The Kier molecular flexibility index (Phi) is 8.10. The number of rotatable bonds is 8. The normalized spacial score (nSPS) is 11.7. The molecule has 0 spiro atoms. The van der Waals surface area contributed by atoms with E-state index in [-0.39, 0.29) is 24.9 Å². The standard InChI is InChI=1S/C20H23Cl2N3O2/c1-3-25(12-15-7-5-4-6-8-15)20(27)14-24(2)13-19(26)23-16-9-10-17(21)18(22)11-16/h4-11H,3,12-14H2,1-2H3,(H,23,26)/p+1. The highest BCUT2D eigenvalue weighted by molar-refractivity contribution is 6.42. The summed E-state index contributed by atoms with van der Waals surface area (Å²) in [7, 11) is 1.82. The number of hydrogen-bond acceptors (Lipinski definition) is 2. The van der Waals surface area contributed by atoms with Gasteiger partial charge in [-0.3, -0.25) is 9.59 Å². The monoisotopic (exact) mass is 408 g/mol. The van der Waals surface area contributed by atoms with E-state index in [4.69, 9.17) is 23.2 Å². The molecule has 0 saturated heterocycles. The molecular weight excluding hydrogens is 385 g/mol. The number of nitrogens with zero attached hydrogens (tertiary/aromatic N) is 1. The van der Waals surface area contributed by atoms with Crippen molar-refractivity contribution in [2.75, 3.05) is 32.0 Å². The maximum absolute atomic E-state index is 12.6. The zero-order valence-corrected chi connectivity index (χ0v) is 17.0. The minimum atomic E-state index is -0.190. The summed E-state index contributed by atoms with van der Waals surface area (Å²) in [6, 6.07) is 14.8. The molecule has 0 aliphatic rings. The molecule has 0 aliphatic heterocycles. The molecule has 2 aromatic rings. The van der Waals surface area contributed by atoms with Crippen molar-refractivity contribution in [3.05, 3.63) is 64.1 Å². The summed E-state index contributed by atoms with van der Waals surface area (Å²) >= 11 is 11.8. The van der Waals surface area contributed by atoms with Gasteiger partial charge >= 0.3 is 0 Å². The number of hydrogen-bond donors (Lipinski definition) is 2. The van der Waals surface area contributed by atoms with Gasteiger partial charge in [-0.25, -0.2) is 0 Å². The molecule has 1 unspecified atom stereocenters. The lowest BCUT2D eigenvalue weighted by atomic mass is 10.2. The predicted octanol–water partition coefficient (Wildman–Crippen LogP) is 2.50. The van der Waals surface area contributed by atoms with Gasteiger partial charge < -0.3 is 15.1 Å². The van der Waals surface area contributed by atoms with Gasteiger partial charge in [0.1, 0.15) is 0 Å². The second-order valence-corrected chi connectivity index (χ2v) is 7.20. The molecule has 27 heavy (non-hydrogen) atoms. The van der Waals surface area contributed by atoms with Crippen molar-refractivity contribution in [3.63, 3.8) is 0 Å². The van der Waals surface area contributed by atoms with Crippen molar-refractivity contribution in [1.29, 1.82) is 0 Å². The number of amides is 2. The lowest BCUT2D eigenvalue weighted by Gasteiger charge is -2.22. The Morgan fingerprint density at radius 3 is 2.37 bits per heavy atom. The molecule has 0 aliphatic carbocycles. The second kappa shape index (κ2) is 10.3. The third-order valence-corrected chi connectivity index (χ3v) is 4.81. The predicted molar refractivity (Wildman–Crippen MR) is 109 cm³/mol. The largest absolute Gasteiger partial charge is 0.334 e. The number of benzene rings is 2. The van der Waals surface area contributed by atoms with E-state index in [9.17, 15) is 9.59 Å². The van der Waals surface area contributed by atoms with Gasteiger partial charge in [-0.2, -0.15) is 0 Å². The summed E-state index contributed by atoms with van der Waals surface area (Å²) in [5, 5.41) is 3.58. The van der Waals surface area contributed by atoms with Crippen LogP contribution in [0, 0.1) is 0 Å². The SMILES string of the molecule is CCN(Cc1ccccc1)C(=O)C[NH+](C)CC(=O)Nc1ccc(Cl)c(Cl)c1. The van der Waals surface area contributed by atoms with Crippen LogP contribution in [0.25, 0.3) is 0 Å². The number of carbonyl (C=O) groups is 2. The first kappa shape index (κ1) is 21.2. The first-order chi connectivity index (χ1) is 12.9. The Labute approximate surface area is 169 Å². The molecule has 0 fully saturated rings. The van der Waals surface area contributed by atoms with E-state index >= 15 is 0 Å². The lowest BCUT2D eigenvalue weighted by Crippen LogP contribution is -3.11. The van der Waals surface area contributed by atoms with Crippen LogP contribution in [0.1, 0.15) is 12.5 Å². The highest BCUT2D eigenvalue weighted by Gasteiger charge is 2.19. The third kappa shape index (κ3) is 6.86. The molecule has 5 nitrogen and oxygen atoms in total. The van der Waals surface area contributed by atoms with Gasteiger partial charge in [-0.05, 0) is 30.7 Å². The summed E-state index contributed by atoms with van der Waals surface area (Å²) in [4.78, 5) is 27.3. The van der Waals surface area contributed by atoms with E-state index in [1.54, 1.807) is 23.1 Å². The van der Waals surface area contributed by atoms with Crippen LogP contribution in [0.5, 0.6) is 0 Å². The average molecular weight is 409 g/mol. The van der Waals surface area contributed by atoms with Crippen LogP contribution in [0.3, 0.4) is 0 Å². The molecular formula is C20H24Cl2N3O2+. The van der Waals surface area contributed by atoms with Gasteiger partial charge in [0, 0.05) is 18.8 Å². The van der Waals surface area contributed by atoms with Crippen molar-refractivity contribution < 1.29 is 14.5 Å². The van der Waals surface area contributed by atoms with E-state index in [0.29, 0.717) is 28.8 Å². The average Bonchev–Trinajstić information content (AvgIpc) is 2.63. The Morgan fingerprint density at radius 1 is 1.04 bits per heavy atom. The van der Waals surface area contributed by atoms with Gasteiger partial charge in [0.25, 0.3) is 11.8 Å². The topological polar surface area (TPSA) is 53.9 Å². The van der Waals surface area contributed by atoms with Crippen molar-refractivity contribution in [2.24, 2.45) is 0 Å². The van der Waals surface area contributed by atoms with Crippen molar-refractivity contribution in [2.45, 2.75) is 13.5 Å². The molecule has 0 heterocycles. The highest BCUT2D eigenvalue weighted by atomic mass is 35.5. The van der Waals surface area contributed by atoms with Crippen molar-refractivity contribution in [3.8, 4) is 0 Å². The van der Waals surface area contributed by atoms with Gasteiger partial charge in [0.2, 0.25) is 0 Å². The van der Waals surface area contributed by atoms with Crippen molar-refractivity contribution >= 4 is 40.7 Å². The van der Waals surface area contributed by atoms with Gasteiger partial charge in [0.05, 0.1) is 17.1 Å². The minimum Gasteiger partial charge on any atom is -0.334 e. The smallest absolute Gasteiger partial charge is 0.279 e. The maximum atomic E-state index is 12.6. The molecule has 1 atom stereocenters. The Morgan fingerprint density at radius 2 is 1.74 bits per heavy atom. The fourth-order valence-corrected chi connectivity index (χ4v) is 2.96. The number of anilines is 1. The second-order valence-electron chi connectivity index (χ2n) is 6.38. The van der Waals surface area contributed by atoms with E-state index in [2.05, 4.69) is 5.32 Å². The van der Waals surface area contributed by atoms with Crippen LogP contribution in [0.4, 0.5) is 5.69 Å². The number of quaternary nitrogens is 1. The molecule has 0 aromatic heterocycles. The van der Waals surface area contributed by atoms with E-state index in [1.807, 2.05) is 44.3 Å². The molecule has 0 saturated carbocycles. The Balaban J connectivity index is 1.85. The molecule has 7 heteroatoms. The van der Waals surface area contributed by atoms with Gasteiger partial charge in [-0.15, -0.1) is 0 Å². The molecule has 0 bridgehead atoms. The molecule has 2 aromatic carbocycles. The highest BCUT2D eigenvalue weighted by Crippen LogP contribution is 2.24. The van der Waals surface area contributed by atoms with Crippen molar-refractivity contribution in [1.82, 2.24) is 4.90 Å². The first-order valence-electron chi connectivity index (χ1n) is 8.77. The van der Waals surface area contributed by atoms with Crippen LogP contribution in [0.2, 0.25) is 10.0 Å². The van der Waals surface area contributed by atoms with Crippen LogP contribution >= 0.6 is 23.2 Å². The fraction of sp³-hybridized carbons (Fsp3) is 0.300. The van der Waals surface area contributed by atoms with Crippen LogP contribution in [0.15, 0.2) is 48.5 Å². The molecule has 0 radical (unpaired) electrons. The Hall–Kier alpha value is -2.08. The molecule has 144 valence electrons. The van der Waals surface area contributed by atoms with Crippen LogP contribution in [-0.2, 0) is 16.1 Å². The maximum Gasteiger partial charge on any atom is 0.279 e. The van der Waals surface area contributed by atoms with Gasteiger partial charge in [0.15, 0.2) is 13.1 Å². The molecule has 2 rings (SSSR count). The molecule has 2 N–H and O–H groups in total. The summed E-state index contributed by atoms with van der Waals surface area (Å²) in [6.07, 6.45) is 0. The number of likely N-dealkylation sites (N-methyl/N-ethyl adjacent to an activating group) is 2. The van der Waals surface area contributed by atoms with E-state index < -0.39 is 0 Å². The third-order valence-electron chi connectivity index (χ3n) is 4.07. The lowest BCUT2D eigenvalue weighted by molar-refractivity contribution is -0.862. The molecule has 2 amide bonds. The summed E-state index contributed by atoms with van der Waals surface area (Å²) in [5.41, 5.74) is 1.66. The zero-order chi connectivity index (χ0) is 19.8. The first-order valence-corrected chi connectivity index (χ1v) is 9.52. The van der Waals surface area contributed by atoms with Gasteiger partial charge in [-0.1, -0.05) is 53.5 Å². The number of carbonyl (C=O) groups excluding carboxylic acids is 2. The number of halogens is 2. The summed E-state index contributed by atoms with van der Waals surface area (Å²) in [6.45, 7) is 3.56. The van der Waals surface area contributed by atoms with E-state index in [0.717, 1.165) is 10.5 Å². The quantitative estimate of drug-likeness (QED) is 0.704.